The first-order valence-electron chi connectivity index (χ1n) is 9.82. The van der Waals surface area contributed by atoms with Crippen LogP contribution >= 0.6 is 0 Å². The molecule has 3 rings (SSSR count). The number of rotatable bonds is 5. The predicted molar refractivity (Wildman–Crippen MR) is 115 cm³/mol. The number of benzene rings is 2. The topological polar surface area (TPSA) is 104 Å². The van der Waals surface area contributed by atoms with Crippen LogP contribution < -0.4 is 5.32 Å². The first-order chi connectivity index (χ1) is 14.6. The standard InChI is InChI=1S/C23H25N3O5/c1-14-6-8-16(9-7-14)20-26-25-19(30-20)15(2)29-21(27)17-10-12-18(13-11-17)24-22(28)31-23(3,4)5/h6-13,15H,1-5H3,(H,24,28)/t15-/m1/s1. The van der Waals surface area contributed by atoms with E-state index in [4.69, 9.17) is 13.9 Å². The average Bonchev–Trinajstić information content (AvgIpc) is 3.18. The second-order valence-corrected chi connectivity index (χ2v) is 8.06. The average molecular weight is 423 g/mol. The molecule has 1 N–H and O–H groups in total. The molecule has 162 valence electrons. The van der Waals surface area contributed by atoms with Crippen LogP contribution in [0.4, 0.5) is 10.5 Å². The number of carbonyl (C=O) groups is 2. The lowest BCUT2D eigenvalue weighted by molar-refractivity contribution is 0.0279. The molecule has 0 aliphatic heterocycles. The van der Waals surface area contributed by atoms with E-state index in [1.165, 1.54) is 0 Å². The van der Waals surface area contributed by atoms with Crippen LogP contribution in [0.2, 0.25) is 0 Å². The van der Waals surface area contributed by atoms with Gasteiger partial charge in [-0.05, 0) is 71.0 Å². The predicted octanol–water partition coefficient (Wildman–Crippen LogP) is 5.31. The van der Waals surface area contributed by atoms with Crippen molar-refractivity contribution in [2.75, 3.05) is 5.32 Å². The summed E-state index contributed by atoms with van der Waals surface area (Å²) in [5.74, 6) is 0.00834. The highest BCUT2D eigenvalue weighted by molar-refractivity contribution is 5.91. The summed E-state index contributed by atoms with van der Waals surface area (Å²) in [6.45, 7) is 8.98. The van der Waals surface area contributed by atoms with Crippen molar-refractivity contribution in [2.45, 2.75) is 46.3 Å². The molecule has 8 heteroatoms. The van der Waals surface area contributed by atoms with Gasteiger partial charge < -0.3 is 13.9 Å². The van der Waals surface area contributed by atoms with Crippen LogP contribution in [-0.2, 0) is 9.47 Å². The third-order valence-corrected chi connectivity index (χ3v) is 4.14. The molecule has 0 aliphatic rings. The van der Waals surface area contributed by atoms with E-state index in [1.807, 2.05) is 31.2 Å². The van der Waals surface area contributed by atoms with Crippen LogP contribution in [0.1, 0.15) is 55.6 Å². The minimum absolute atomic E-state index is 0.201. The lowest BCUT2D eigenvalue weighted by Crippen LogP contribution is -2.27. The Balaban J connectivity index is 1.60. The number of ether oxygens (including phenoxy) is 2. The molecule has 0 radical (unpaired) electrons. The molecule has 1 heterocycles. The first kappa shape index (κ1) is 22.0. The number of aromatic nitrogens is 2. The summed E-state index contributed by atoms with van der Waals surface area (Å²) in [5, 5.41) is 10.6. The van der Waals surface area contributed by atoms with Crippen molar-refractivity contribution < 1.29 is 23.5 Å². The van der Waals surface area contributed by atoms with Gasteiger partial charge in [0.15, 0.2) is 6.10 Å². The minimum Gasteiger partial charge on any atom is -0.449 e. The third-order valence-electron chi connectivity index (χ3n) is 4.14. The smallest absolute Gasteiger partial charge is 0.412 e. The van der Waals surface area contributed by atoms with E-state index in [0.717, 1.165) is 11.1 Å². The quantitative estimate of drug-likeness (QED) is 0.555. The molecule has 1 amide bonds. The summed E-state index contributed by atoms with van der Waals surface area (Å²) in [5.41, 5.74) is 2.13. The molecular weight excluding hydrogens is 398 g/mol. The zero-order valence-electron chi connectivity index (χ0n) is 18.1. The van der Waals surface area contributed by atoms with Crippen LogP contribution in [0.15, 0.2) is 52.9 Å². The van der Waals surface area contributed by atoms with E-state index in [0.29, 0.717) is 17.1 Å². The van der Waals surface area contributed by atoms with E-state index in [9.17, 15) is 9.59 Å². The molecule has 31 heavy (non-hydrogen) atoms. The summed E-state index contributed by atoms with van der Waals surface area (Å²) < 4.78 is 16.3. The Morgan fingerprint density at radius 2 is 1.65 bits per heavy atom. The molecule has 1 atom stereocenters. The van der Waals surface area contributed by atoms with Crippen molar-refractivity contribution in [3.05, 3.63) is 65.5 Å². The zero-order valence-corrected chi connectivity index (χ0v) is 18.1. The van der Waals surface area contributed by atoms with Crippen molar-refractivity contribution in [3.63, 3.8) is 0 Å². The number of nitrogens with zero attached hydrogens (tertiary/aromatic N) is 2. The molecule has 0 saturated carbocycles. The number of aryl methyl sites for hydroxylation is 1. The van der Waals surface area contributed by atoms with Gasteiger partial charge in [-0.25, -0.2) is 9.59 Å². The van der Waals surface area contributed by atoms with Crippen molar-refractivity contribution in [2.24, 2.45) is 0 Å². The third kappa shape index (κ3) is 6.15. The van der Waals surface area contributed by atoms with Crippen molar-refractivity contribution >= 4 is 17.7 Å². The van der Waals surface area contributed by atoms with Gasteiger partial charge in [0.2, 0.25) is 5.89 Å². The van der Waals surface area contributed by atoms with E-state index >= 15 is 0 Å². The van der Waals surface area contributed by atoms with Gasteiger partial charge in [-0.15, -0.1) is 10.2 Å². The first-order valence-corrected chi connectivity index (χ1v) is 9.82. The van der Waals surface area contributed by atoms with Crippen LogP contribution in [0.25, 0.3) is 11.5 Å². The number of esters is 1. The highest BCUT2D eigenvalue weighted by Crippen LogP contribution is 2.23. The van der Waals surface area contributed by atoms with Gasteiger partial charge in [0.25, 0.3) is 5.89 Å². The van der Waals surface area contributed by atoms with Gasteiger partial charge in [0.1, 0.15) is 5.60 Å². The van der Waals surface area contributed by atoms with Crippen LogP contribution in [0.3, 0.4) is 0 Å². The molecule has 0 unspecified atom stereocenters. The highest BCUT2D eigenvalue weighted by Gasteiger charge is 2.20. The number of amides is 1. The second-order valence-electron chi connectivity index (χ2n) is 8.06. The largest absolute Gasteiger partial charge is 0.449 e. The van der Waals surface area contributed by atoms with E-state index in [-0.39, 0.29) is 5.89 Å². The lowest BCUT2D eigenvalue weighted by Gasteiger charge is -2.19. The molecule has 0 fully saturated rings. The van der Waals surface area contributed by atoms with Crippen LogP contribution in [0, 0.1) is 6.92 Å². The number of hydrogen-bond donors (Lipinski definition) is 1. The highest BCUT2D eigenvalue weighted by atomic mass is 16.6. The van der Waals surface area contributed by atoms with Gasteiger partial charge in [-0.2, -0.15) is 0 Å². The normalized spacial score (nSPS) is 12.2. The maximum absolute atomic E-state index is 12.4. The molecular formula is C23H25N3O5. The Morgan fingerprint density at radius 1 is 1.00 bits per heavy atom. The number of carbonyl (C=O) groups excluding carboxylic acids is 2. The van der Waals surface area contributed by atoms with Crippen molar-refractivity contribution in [1.82, 2.24) is 10.2 Å². The second kappa shape index (κ2) is 8.99. The van der Waals surface area contributed by atoms with Gasteiger partial charge in [0, 0.05) is 11.3 Å². The molecule has 0 spiro atoms. The SMILES string of the molecule is Cc1ccc(-c2nnc([C@@H](C)OC(=O)c3ccc(NC(=O)OC(C)(C)C)cc3)o2)cc1. The summed E-state index contributed by atoms with van der Waals surface area (Å²) in [7, 11) is 0. The van der Waals surface area contributed by atoms with Gasteiger partial charge >= 0.3 is 12.1 Å². The molecule has 2 aromatic carbocycles. The maximum Gasteiger partial charge on any atom is 0.412 e. The fourth-order valence-corrected chi connectivity index (χ4v) is 2.60. The summed E-state index contributed by atoms with van der Waals surface area (Å²) >= 11 is 0. The monoisotopic (exact) mass is 423 g/mol. The molecule has 1 aromatic heterocycles. The number of nitrogens with one attached hydrogen (secondary N) is 1. The number of hydrogen-bond acceptors (Lipinski definition) is 7. The Kier molecular flexibility index (Phi) is 6.39. The van der Waals surface area contributed by atoms with Gasteiger partial charge in [0.05, 0.1) is 5.56 Å². The lowest BCUT2D eigenvalue weighted by atomic mass is 10.1. The minimum atomic E-state index is -0.723. The van der Waals surface area contributed by atoms with Gasteiger partial charge in [-0.1, -0.05) is 17.7 Å². The Labute approximate surface area is 180 Å². The summed E-state index contributed by atoms with van der Waals surface area (Å²) in [6.07, 6.45) is -1.30. The van der Waals surface area contributed by atoms with Crippen LogP contribution in [0.5, 0.6) is 0 Å². The maximum atomic E-state index is 12.4. The summed E-state index contributed by atoms with van der Waals surface area (Å²) in [6, 6.07) is 13.9. The summed E-state index contributed by atoms with van der Waals surface area (Å²) in [4.78, 5) is 24.3. The van der Waals surface area contributed by atoms with E-state index in [2.05, 4.69) is 15.5 Å². The molecule has 0 aliphatic carbocycles. The van der Waals surface area contributed by atoms with E-state index in [1.54, 1.807) is 52.0 Å². The van der Waals surface area contributed by atoms with Crippen molar-refractivity contribution in [3.8, 4) is 11.5 Å². The Morgan fingerprint density at radius 3 is 2.26 bits per heavy atom. The fraction of sp³-hybridized carbons (Fsp3) is 0.304. The molecule has 0 bridgehead atoms. The van der Waals surface area contributed by atoms with E-state index < -0.39 is 23.8 Å². The molecule has 8 nitrogen and oxygen atoms in total. The van der Waals surface area contributed by atoms with Crippen LogP contribution in [-0.4, -0.2) is 27.9 Å². The fourth-order valence-electron chi connectivity index (χ4n) is 2.60. The van der Waals surface area contributed by atoms with Crippen molar-refractivity contribution in [1.29, 1.82) is 0 Å². The number of anilines is 1. The Hall–Kier alpha value is -3.68. The Bertz CT molecular complexity index is 1050. The molecule has 3 aromatic rings. The van der Waals surface area contributed by atoms with Gasteiger partial charge in [-0.3, -0.25) is 5.32 Å². The zero-order chi connectivity index (χ0) is 22.6. The molecule has 0 saturated heterocycles.